The molecule has 0 saturated heterocycles. The largest absolute Gasteiger partial charge is 0.381 e. The van der Waals surface area contributed by atoms with Crippen LogP contribution in [-0.4, -0.2) is 25.7 Å². The molecule has 0 rings (SSSR count). The van der Waals surface area contributed by atoms with Crippen LogP contribution in [0.3, 0.4) is 0 Å². The number of hydrogen-bond donors (Lipinski definition) is 1. The molecule has 1 amide bonds. The predicted octanol–water partition coefficient (Wildman–Crippen LogP) is 2.75. The van der Waals surface area contributed by atoms with E-state index in [0.29, 0.717) is 13.2 Å². The summed E-state index contributed by atoms with van der Waals surface area (Å²) < 4.78 is 5.56. The van der Waals surface area contributed by atoms with Crippen LogP contribution in [0.4, 0.5) is 0 Å². The maximum Gasteiger partial charge on any atom is 0.225 e. The number of carbonyl (C=O) groups excluding carboxylic acids is 1. The topological polar surface area (TPSA) is 38.3 Å². The van der Waals surface area contributed by atoms with E-state index in [4.69, 9.17) is 4.74 Å². The van der Waals surface area contributed by atoms with Crippen molar-refractivity contribution in [1.82, 2.24) is 5.32 Å². The minimum absolute atomic E-state index is 0.0339. The van der Waals surface area contributed by atoms with Gasteiger partial charge in [0, 0.05) is 13.2 Å². The number of carbonyl (C=O) groups is 1. The van der Waals surface area contributed by atoms with Crippen molar-refractivity contribution in [2.75, 3.05) is 19.8 Å². The third kappa shape index (κ3) is 7.69. The van der Waals surface area contributed by atoms with Gasteiger partial charge in [0.15, 0.2) is 0 Å². The summed E-state index contributed by atoms with van der Waals surface area (Å²) in [6, 6.07) is 0. The summed E-state index contributed by atoms with van der Waals surface area (Å²) in [5.74, 6) is 0.173. The Morgan fingerprint density at radius 3 is 2.50 bits per heavy atom. The Hall–Kier alpha value is -0.570. The smallest absolute Gasteiger partial charge is 0.225 e. The standard InChI is InChI=1S/C13H27NO2/c1-4-7-8-10-16-11-12(9-5-2)13(15)14-6-3/h12H,4-11H2,1-3H3,(H,14,15). The Morgan fingerprint density at radius 2 is 1.94 bits per heavy atom. The van der Waals surface area contributed by atoms with Crippen molar-refractivity contribution in [1.29, 1.82) is 0 Å². The van der Waals surface area contributed by atoms with E-state index in [1.165, 1.54) is 12.8 Å². The lowest BCUT2D eigenvalue weighted by Gasteiger charge is -2.15. The Balaban J connectivity index is 3.71. The van der Waals surface area contributed by atoms with Crippen molar-refractivity contribution in [2.45, 2.75) is 52.9 Å². The molecular weight excluding hydrogens is 202 g/mol. The van der Waals surface area contributed by atoms with E-state index in [1.807, 2.05) is 6.92 Å². The molecule has 0 spiro atoms. The minimum atomic E-state index is 0.0339. The Bertz CT molecular complexity index is 171. The average Bonchev–Trinajstić information content (AvgIpc) is 2.27. The van der Waals surface area contributed by atoms with Crippen LogP contribution in [0.5, 0.6) is 0 Å². The monoisotopic (exact) mass is 229 g/mol. The number of hydrogen-bond acceptors (Lipinski definition) is 2. The summed E-state index contributed by atoms with van der Waals surface area (Å²) in [5.41, 5.74) is 0. The molecule has 3 nitrogen and oxygen atoms in total. The average molecular weight is 229 g/mol. The van der Waals surface area contributed by atoms with E-state index < -0.39 is 0 Å². The summed E-state index contributed by atoms with van der Waals surface area (Å²) in [4.78, 5) is 11.7. The predicted molar refractivity (Wildman–Crippen MR) is 67.4 cm³/mol. The SMILES string of the molecule is CCCCCOCC(CCC)C(=O)NCC. The molecule has 0 fully saturated rings. The fourth-order valence-corrected chi connectivity index (χ4v) is 1.64. The number of ether oxygens (including phenoxy) is 1. The van der Waals surface area contributed by atoms with Crippen LogP contribution in [0.25, 0.3) is 0 Å². The van der Waals surface area contributed by atoms with E-state index >= 15 is 0 Å². The normalized spacial score (nSPS) is 12.4. The third-order valence-electron chi connectivity index (χ3n) is 2.57. The van der Waals surface area contributed by atoms with Crippen LogP contribution in [0.15, 0.2) is 0 Å². The Labute approximate surface area is 99.9 Å². The molecule has 0 aliphatic rings. The number of unbranched alkanes of at least 4 members (excludes halogenated alkanes) is 2. The van der Waals surface area contributed by atoms with Gasteiger partial charge in [0.1, 0.15) is 0 Å². The second-order valence-corrected chi connectivity index (χ2v) is 4.16. The van der Waals surface area contributed by atoms with E-state index in [-0.39, 0.29) is 11.8 Å². The van der Waals surface area contributed by atoms with Gasteiger partial charge in [-0.05, 0) is 19.8 Å². The van der Waals surface area contributed by atoms with Gasteiger partial charge < -0.3 is 10.1 Å². The van der Waals surface area contributed by atoms with Gasteiger partial charge in [0.25, 0.3) is 0 Å². The fraction of sp³-hybridized carbons (Fsp3) is 0.923. The zero-order valence-corrected chi connectivity index (χ0v) is 11.1. The van der Waals surface area contributed by atoms with Gasteiger partial charge in [-0.2, -0.15) is 0 Å². The van der Waals surface area contributed by atoms with E-state index in [2.05, 4.69) is 19.2 Å². The van der Waals surface area contributed by atoms with Crippen molar-refractivity contribution in [3.8, 4) is 0 Å². The highest BCUT2D eigenvalue weighted by Gasteiger charge is 2.16. The van der Waals surface area contributed by atoms with Crippen LogP contribution in [0.1, 0.15) is 52.9 Å². The summed E-state index contributed by atoms with van der Waals surface area (Å²) >= 11 is 0. The molecule has 0 saturated carbocycles. The maximum absolute atomic E-state index is 11.7. The number of rotatable bonds is 10. The van der Waals surface area contributed by atoms with Crippen LogP contribution < -0.4 is 5.32 Å². The molecule has 0 bridgehead atoms. The molecule has 0 aliphatic heterocycles. The van der Waals surface area contributed by atoms with Gasteiger partial charge in [-0.15, -0.1) is 0 Å². The zero-order chi connectivity index (χ0) is 12.2. The first-order chi connectivity index (χ1) is 7.76. The lowest BCUT2D eigenvalue weighted by molar-refractivity contribution is -0.127. The van der Waals surface area contributed by atoms with Gasteiger partial charge in [-0.25, -0.2) is 0 Å². The van der Waals surface area contributed by atoms with E-state index in [1.54, 1.807) is 0 Å². The molecule has 0 aromatic rings. The number of nitrogens with one attached hydrogen (secondary N) is 1. The summed E-state index contributed by atoms with van der Waals surface area (Å²) in [7, 11) is 0. The molecule has 0 aromatic carbocycles. The van der Waals surface area contributed by atoms with Gasteiger partial charge in [-0.3, -0.25) is 4.79 Å². The number of amides is 1. The van der Waals surface area contributed by atoms with Gasteiger partial charge >= 0.3 is 0 Å². The van der Waals surface area contributed by atoms with Gasteiger partial charge in [0.2, 0.25) is 5.91 Å². The first-order valence-electron chi connectivity index (χ1n) is 6.61. The van der Waals surface area contributed by atoms with Crippen LogP contribution >= 0.6 is 0 Å². The molecule has 1 N–H and O–H groups in total. The molecule has 1 unspecified atom stereocenters. The van der Waals surface area contributed by atoms with Crippen molar-refractivity contribution in [3.05, 3.63) is 0 Å². The van der Waals surface area contributed by atoms with Crippen LogP contribution in [-0.2, 0) is 9.53 Å². The van der Waals surface area contributed by atoms with Crippen molar-refractivity contribution >= 4 is 5.91 Å². The zero-order valence-electron chi connectivity index (χ0n) is 11.1. The van der Waals surface area contributed by atoms with Gasteiger partial charge in [-0.1, -0.05) is 33.1 Å². The quantitative estimate of drug-likeness (QED) is 0.585. The summed E-state index contributed by atoms with van der Waals surface area (Å²) in [6.07, 6.45) is 5.46. The summed E-state index contributed by atoms with van der Waals surface area (Å²) in [6.45, 7) is 8.28. The Morgan fingerprint density at radius 1 is 1.19 bits per heavy atom. The molecule has 0 heterocycles. The van der Waals surface area contributed by atoms with Crippen molar-refractivity contribution < 1.29 is 9.53 Å². The maximum atomic E-state index is 11.7. The molecule has 3 heteroatoms. The second-order valence-electron chi connectivity index (χ2n) is 4.16. The van der Waals surface area contributed by atoms with Crippen molar-refractivity contribution in [3.63, 3.8) is 0 Å². The first kappa shape index (κ1) is 15.4. The fourth-order valence-electron chi connectivity index (χ4n) is 1.64. The van der Waals surface area contributed by atoms with Gasteiger partial charge in [0.05, 0.1) is 12.5 Å². The molecule has 0 aromatic heterocycles. The molecule has 0 aliphatic carbocycles. The third-order valence-corrected chi connectivity index (χ3v) is 2.57. The minimum Gasteiger partial charge on any atom is -0.381 e. The van der Waals surface area contributed by atoms with E-state index in [0.717, 1.165) is 25.9 Å². The first-order valence-corrected chi connectivity index (χ1v) is 6.61. The molecule has 0 radical (unpaired) electrons. The molecule has 96 valence electrons. The highest BCUT2D eigenvalue weighted by Crippen LogP contribution is 2.08. The van der Waals surface area contributed by atoms with Crippen molar-refractivity contribution in [2.24, 2.45) is 5.92 Å². The molecular formula is C13H27NO2. The summed E-state index contributed by atoms with van der Waals surface area (Å²) in [5, 5.41) is 2.86. The Kier molecular flexibility index (Phi) is 10.5. The second kappa shape index (κ2) is 10.9. The highest BCUT2D eigenvalue weighted by atomic mass is 16.5. The van der Waals surface area contributed by atoms with Crippen LogP contribution in [0, 0.1) is 5.92 Å². The van der Waals surface area contributed by atoms with E-state index in [9.17, 15) is 4.79 Å². The molecule has 1 atom stereocenters. The highest BCUT2D eigenvalue weighted by molar-refractivity contribution is 5.78. The lowest BCUT2D eigenvalue weighted by atomic mass is 10.0. The molecule has 16 heavy (non-hydrogen) atoms. The van der Waals surface area contributed by atoms with Crippen LogP contribution in [0.2, 0.25) is 0 Å². The lowest BCUT2D eigenvalue weighted by Crippen LogP contribution is -2.33.